The summed E-state index contributed by atoms with van der Waals surface area (Å²) in [4.78, 5) is 29.2. The van der Waals surface area contributed by atoms with Gasteiger partial charge in [0.05, 0.1) is 31.5 Å². The molecule has 0 aliphatic heterocycles. The Labute approximate surface area is 197 Å². The number of pyridine rings is 1. The summed E-state index contributed by atoms with van der Waals surface area (Å²) in [5.41, 5.74) is 4.79. The van der Waals surface area contributed by atoms with Crippen LogP contribution in [0, 0.1) is 0 Å². The standard InChI is InChI=1S/C26H26N4O4/c1-33-25(31)12-10-23-22(26(32)34-17-18-5-3-2-4-6-18)16-30(28-23)15-21-14-29-13-20(19-7-8-19)9-11-24(29)27-21/h2-6,9,11,13-14,16,19H,7-8,10,12,15,17H2,1H3. The molecule has 3 aromatic heterocycles. The molecule has 1 aliphatic rings. The van der Waals surface area contributed by atoms with Crippen LogP contribution in [0.4, 0.5) is 0 Å². The molecule has 0 atom stereocenters. The first kappa shape index (κ1) is 21.9. The molecule has 1 aromatic carbocycles. The summed E-state index contributed by atoms with van der Waals surface area (Å²) in [6.45, 7) is 0.564. The number of aromatic nitrogens is 4. The first-order valence-electron chi connectivity index (χ1n) is 11.4. The van der Waals surface area contributed by atoms with Gasteiger partial charge in [-0.05, 0) is 36.0 Å². The van der Waals surface area contributed by atoms with Crippen molar-refractivity contribution in [1.82, 2.24) is 19.2 Å². The van der Waals surface area contributed by atoms with Gasteiger partial charge >= 0.3 is 11.9 Å². The Kier molecular flexibility index (Phi) is 6.12. The highest BCUT2D eigenvalue weighted by atomic mass is 16.5. The SMILES string of the molecule is COC(=O)CCc1nn(Cc2cn3cc(C4CC4)ccc3n2)cc1C(=O)OCc1ccccc1. The number of rotatable bonds is 9. The summed E-state index contributed by atoms with van der Waals surface area (Å²) in [5.74, 6) is -0.160. The van der Waals surface area contributed by atoms with E-state index in [1.807, 2.05) is 47.0 Å². The van der Waals surface area contributed by atoms with Gasteiger partial charge in [0.2, 0.25) is 0 Å². The van der Waals surface area contributed by atoms with Crippen LogP contribution in [0.15, 0.2) is 61.1 Å². The van der Waals surface area contributed by atoms with Gasteiger partial charge in [0.1, 0.15) is 17.8 Å². The van der Waals surface area contributed by atoms with E-state index in [-0.39, 0.29) is 25.4 Å². The number of benzene rings is 1. The third kappa shape index (κ3) is 5.01. The van der Waals surface area contributed by atoms with Crippen LogP contribution in [-0.4, -0.2) is 38.2 Å². The minimum atomic E-state index is -0.473. The molecule has 8 heteroatoms. The Morgan fingerprint density at radius 1 is 1.06 bits per heavy atom. The average Bonchev–Trinajstić information content (AvgIpc) is 3.52. The minimum absolute atomic E-state index is 0.130. The van der Waals surface area contributed by atoms with Crippen molar-refractivity contribution in [2.75, 3.05) is 7.11 Å². The quantitative estimate of drug-likeness (QED) is 0.353. The molecule has 5 rings (SSSR count). The zero-order valence-electron chi connectivity index (χ0n) is 19.0. The molecule has 174 valence electrons. The van der Waals surface area contributed by atoms with Crippen molar-refractivity contribution in [2.24, 2.45) is 0 Å². The fourth-order valence-electron chi connectivity index (χ4n) is 3.98. The molecule has 0 bridgehead atoms. The Morgan fingerprint density at radius 3 is 2.65 bits per heavy atom. The second-order valence-electron chi connectivity index (χ2n) is 8.56. The summed E-state index contributed by atoms with van der Waals surface area (Å²) >= 11 is 0. The third-order valence-corrected chi connectivity index (χ3v) is 5.96. The van der Waals surface area contributed by atoms with Crippen molar-refractivity contribution in [2.45, 2.75) is 44.8 Å². The van der Waals surface area contributed by atoms with E-state index in [0.29, 0.717) is 23.7 Å². The van der Waals surface area contributed by atoms with Crippen LogP contribution in [0.5, 0.6) is 0 Å². The van der Waals surface area contributed by atoms with E-state index in [9.17, 15) is 9.59 Å². The number of imidazole rings is 1. The van der Waals surface area contributed by atoms with Crippen LogP contribution in [-0.2, 0) is 33.8 Å². The van der Waals surface area contributed by atoms with Crippen LogP contribution in [0.1, 0.15) is 58.1 Å². The lowest BCUT2D eigenvalue weighted by Crippen LogP contribution is -2.09. The molecule has 1 saturated carbocycles. The summed E-state index contributed by atoms with van der Waals surface area (Å²) < 4.78 is 14.0. The van der Waals surface area contributed by atoms with E-state index < -0.39 is 5.97 Å². The predicted molar refractivity (Wildman–Crippen MR) is 124 cm³/mol. The van der Waals surface area contributed by atoms with Gasteiger partial charge in [0.25, 0.3) is 0 Å². The van der Waals surface area contributed by atoms with Crippen molar-refractivity contribution in [3.8, 4) is 0 Å². The van der Waals surface area contributed by atoms with E-state index in [1.165, 1.54) is 25.5 Å². The summed E-state index contributed by atoms with van der Waals surface area (Å²) in [5, 5.41) is 4.57. The molecular weight excluding hydrogens is 432 g/mol. The molecule has 0 saturated heterocycles. The molecule has 4 aromatic rings. The lowest BCUT2D eigenvalue weighted by Gasteiger charge is -2.05. The van der Waals surface area contributed by atoms with Crippen LogP contribution in [0.2, 0.25) is 0 Å². The Morgan fingerprint density at radius 2 is 1.88 bits per heavy atom. The van der Waals surface area contributed by atoms with Gasteiger partial charge in [-0.25, -0.2) is 9.78 Å². The molecule has 0 amide bonds. The van der Waals surface area contributed by atoms with Gasteiger partial charge in [0.15, 0.2) is 0 Å². The molecule has 0 N–H and O–H groups in total. The zero-order chi connectivity index (χ0) is 23.5. The van der Waals surface area contributed by atoms with Gasteiger partial charge in [-0.2, -0.15) is 5.10 Å². The van der Waals surface area contributed by atoms with Gasteiger partial charge < -0.3 is 13.9 Å². The second-order valence-corrected chi connectivity index (χ2v) is 8.56. The first-order chi connectivity index (χ1) is 16.6. The van der Waals surface area contributed by atoms with Gasteiger partial charge in [0, 0.05) is 25.0 Å². The highest BCUT2D eigenvalue weighted by Crippen LogP contribution is 2.39. The van der Waals surface area contributed by atoms with Crippen LogP contribution < -0.4 is 0 Å². The van der Waals surface area contributed by atoms with E-state index in [2.05, 4.69) is 22.3 Å². The Bertz CT molecular complexity index is 1320. The van der Waals surface area contributed by atoms with Crippen LogP contribution in [0.3, 0.4) is 0 Å². The van der Waals surface area contributed by atoms with Crippen molar-refractivity contribution in [1.29, 1.82) is 0 Å². The summed E-state index contributed by atoms with van der Waals surface area (Å²) in [7, 11) is 1.34. The van der Waals surface area contributed by atoms with Crippen molar-refractivity contribution in [3.63, 3.8) is 0 Å². The zero-order valence-corrected chi connectivity index (χ0v) is 19.0. The number of aryl methyl sites for hydroxylation is 1. The summed E-state index contributed by atoms with van der Waals surface area (Å²) in [6.07, 6.45) is 8.70. The highest BCUT2D eigenvalue weighted by Gasteiger charge is 2.24. The van der Waals surface area contributed by atoms with E-state index >= 15 is 0 Å². The fourth-order valence-corrected chi connectivity index (χ4v) is 3.98. The second kappa shape index (κ2) is 9.51. The number of nitrogens with zero attached hydrogens (tertiary/aromatic N) is 4. The molecule has 3 heterocycles. The summed E-state index contributed by atoms with van der Waals surface area (Å²) in [6, 6.07) is 13.7. The smallest absolute Gasteiger partial charge is 0.341 e. The molecular formula is C26H26N4O4. The van der Waals surface area contributed by atoms with Crippen LogP contribution >= 0.6 is 0 Å². The average molecular weight is 459 g/mol. The molecule has 1 aliphatic carbocycles. The lowest BCUT2D eigenvalue weighted by molar-refractivity contribution is -0.140. The van der Waals surface area contributed by atoms with E-state index in [4.69, 9.17) is 9.47 Å². The van der Waals surface area contributed by atoms with E-state index in [1.54, 1.807) is 10.9 Å². The minimum Gasteiger partial charge on any atom is -0.469 e. The number of methoxy groups -OCH3 is 1. The Hall–Kier alpha value is -3.94. The maximum absolute atomic E-state index is 12.9. The number of carbonyl (C=O) groups excluding carboxylic acids is 2. The lowest BCUT2D eigenvalue weighted by atomic mass is 10.1. The third-order valence-electron chi connectivity index (χ3n) is 5.96. The molecule has 0 unspecified atom stereocenters. The van der Waals surface area contributed by atoms with E-state index in [0.717, 1.165) is 16.9 Å². The topological polar surface area (TPSA) is 87.7 Å². The number of carbonyl (C=O) groups is 2. The molecule has 0 spiro atoms. The number of fused-ring (bicyclic) bond motifs is 1. The maximum Gasteiger partial charge on any atom is 0.341 e. The monoisotopic (exact) mass is 458 g/mol. The molecule has 34 heavy (non-hydrogen) atoms. The normalized spacial score (nSPS) is 13.2. The van der Waals surface area contributed by atoms with Crippen molar-refractivity contribution < 1.29 is 19.1 Å². The maximum atomic E-state index is 12.9. The number of ether oxygens (including phenoxy) is 2. The van der Waals surface area contributed by atoms with Gasteiger partial charge in [-0.15, -0.1) is 0 Å². The highest BCUT2D eigenvalue weighted by molar-refractivity contribution is 5.90. The number of esters is 2. The van der Waals surface area contributed by atoms with Gasteiger partial charge in [-0.3, -0.25) is 9.48 Å². The van der Waals surface area contributed by atoms with Crippen LogP contribution in [0.25, 0.3) is 5.65 Å². The Balaban J connectivity index is 1.35. The molecule has 1 fully saturated rings. The number of hydrogen-bond donors (Lipinski definition) is 0. The molecule has 0 radical (unpaired) electrons. The van der Waals surface area contributed by atoms with Crippen molar-refractivity contribution in [3.05, 3.63) is 89.1 Å². The predicted octanol–water partition coefficient (Wildman–Crippen LogP) is 3.92. The van der Waals surface area contributed by atoms with Crippen molar-refractivity contribution >= 4 is 17.6 Å². The molecule has 8 nitrogen and oxygen atoms in total. The largest absolute Gasteiger partial charge is 0.469 e. The fraction of sp³-hybridized carbons (Fsp3) is 0.308. The first-order valence-corrected chi connectivity index (χ1v) is 11.4. The number of hydrogen-bond acceptors (Lipinski definition) is 6. The van der Waals surface area contributed by atoms with Gasteiger partial charge in [-0.1, -0.05) is 36.4 Å².